The maximum Gasteiger partial charge on any atom is 0.222 e. The van der Waals surface area contributed by atoms with Gasteiger partial charge in [0.25, 0.3) is 0 Å². The molecule has 1 unspecified atom stereocenters. The Bertz CT molecular complexity index is 308. The molecular formula is C16H33Cl2N3O2. The number of nitrogens with two attached hydrogens (primary N) is 1. The number of hydrogen-bond acceptors (Lipinski definition) is 4. The van der Waals surface area contributed by atoms with Crippen LogP contribution in [0.4, 0.5) is 0 Å². The van der Waals surface area contributed by atoms with Crippen LogP contribution < -0.4 is 5.73 Å². The molecule has 2 rings (SSSR count). The summed E-state index contributed by atoms with van der Waals surface area (Å²) in [4.78, 5) is 16.7. The van der Waals surface area contributed by atoms with Gasteiger partial charge in [-0.15, -0.1) is 24.8 Å². The van der Waals surface area contributed by atoms with Crippen LogP contribution in [0, 0.1) is 5.92 Å². The summed E-state index contributed by atoms with van der Waals surface area (Å²) in [6.07, 6.45) is 6.28. The smallest absolute Gasteiger partial charge is 0.222 e. The van der Waals surface area contributed by atoms with Crippen LogP contribution in [0.5, 0.6) is 0 Å². The van der Waals surface area contributed by atoms with Gasteiger partial charge in [-0.05, 0) is 31.7 Å². The number of rotatable bonds is 8. The summed E-state index contributed by atoms with van der Waals surface area (Å²) >= 11 is 0. The summed E-state index contributed by atoms with van der Waals surface area (Å²) in [6, 6.07) is 0. The molecular weight excluding hydrogens is 337 g/mol. The first-order valence-electron chi connectivity index (χ1n) is 8.57. The van der Waals surface area contributed by atoms with E-state index in [0.717, 1.165) is 78.2 Å². The number of hydrogen-bond donors (Lipinski definition) is 1. The van der Waals surface area contributed by atoms with Gasteiger partial charge >= 0.3 is 0 Å². The maximum absolute atomic E-state index is 12.1. The van der Waals surface area contributed by atoms with Gasteiger partial charge in [-0.3, -0.25) is 9.69 Å². The minimum absolute atomic E-state index is 0. The number of unbranched alkanes of at least 4 members (excludes halogenated alkanes) is 3. The molecule has 138 valence electrons. The topological polar surface area (TPSA) is 58.8 Å². The van der Waals surface area contributed by atoms with Crippen LogP contribution in [0.15, 0.2) is 0 Å². The van der Waals surface area contributed by atoms with Crippen molar-refractivity contribution < 1.29 is 9.53 Å². The first-order valence-corrected chi connectivity index (χ1v) is 8.57. The molecule has 2 aliphatic heterocycles. The number of ether oxygens (including phenoxy) is 1. The highest BCUT2D eigenvalue weighted by Crippen LogP contribution is 2.15. The molecule has 1 atom stereocenters. The summed E-state index contributed by atoms with van der Waals surface area (Å²) < 4.78 is 5.43. The van der Waals surface area contributed by atoms with E-state index in [-0.39, 0.29) is 24.8 Å². The first kappa shape index (κ1) is 22.9. The lowest BCUT2D eigenvalue weighted by Gasteiger charge is -2.35. The zero-order chi connectivity index (χ0) is 14.9. The molecule has 23 heavy (non-hydrogen) atoms. The lowest BCUT2D eigenvalue weighted by molar-refractivity contribution is -0.133. The van der Waals surface area contributed by atoms with Gasteiger partial charge in [0.1, 0.15) is 0 Å². The summed E-state index contributed by atoms with van der Waals surface area (Å²) in [5.41, 5.74) is 5.47. The van der Waals surface area contributed by atoms with Crippen LogP contribution in [0.25, 0.3) is 0 Å². The van der Waals surface area contributed by atoms with E-state index in [4.69, 9.17) is 10.5 Å². The quantitative estimate of drug-likeness (QED) is 0.664. The lowest BCUT2D eigenvalue weighted by atomic mass is 10.1. The van der Waals surface area contributed by atoms with Crippen molar-refractivity contribution in [3.05, 3.63) is 0 Å². The molecule has 7 heteroatoms. The number of carbonyl (C=O) groups is 1. The molecule has 0 bridgehead atoms. The normalized spacial score (nSPS) is 21.6. The van der Waals surface area contributed by atoms with E-state index in [2.05, 4.69) is 4.90 Å². The van der Waals surface area contributed by atoms with Gasteiger partial charge in [-0.2, -0.15) is 0 Å². The maximum atomic E-state index is 12.1. The van der Waals surface area contributed by atoms with E-state index in [1.54, 1.807) is 0 Å². The average molecular weight is 370 g/mol. The molecule has 0 aromatic heterocycles. The highest BCUT2D eigenvalue weighted by molar-refractivity contribution is 5.85. The molecule has 2 saturated heterocycles. The molecule has 0 aromatic carbocycles. The van der Waals surface area contributed by atoms with Crippen molar-refractivity contribution in [3.8, 4) is 0 Å². The first-order chi connectivity index (χ1) is 10.3. The van der Waals surface area contributed by atoms with E-state index in [1.165, 1.54) is 6.42 Å². The number of amides is 1. The Labute approximate surface area is 153 Å². The van der Waals surface area contributed by atoms with Crippen molar-refractivity contribution >= 4 is 30.7 Å². The van der Waals surface area contributed by atoms with Crippen molar-refractivity contribution in [2.45, 2.75) is 38.5 Å². The van der Waals surface area contributed by atoms with E-state index < -0.39 is 0 Å². The standard InChI is InChI=1S/C16H31N3O2.2ClH/c17-7-4-2-1-3-5-16(20)19-10-8-18(9-11-19)13-15-6-12-21-14-15;;/h15H,1-14,17H2;2*1H. The fraction of sp³-hybridized carbons (Fsp3) is 0.938. The number of piperazine rings is 1. The molecule has 5 nitrogen and oxygen atoms in total. The zero-order valence-corrected chi connectivity index (χ0v) is 15.7. The van der Waals surface area contributed by atoms with Crippen molar-refractivity contribution in [2.75, 3.05) is 52.5 Å². The second kappa shape index (κ2) is 13.2. The van der Waals surface area contributed by atoms with Gasteiger partial charge < -0.3 is 15.4 Å². The van der Waals surface area contributed by atoms with Crippen LogP contribution in [-0.2, 0) is 9.53 Å². The predicted octanol–water partition coefficient (Wildman–Crippen LogP) is 1.92. The van der Waals surface area contributed by atoms with Gasteiger partial charge in [0, 0.05) is 45.8 Å². The number of nitrogens with zero attached hydrogens (tertiary/aromatic N) is 2. The van der Waals surface area contributed by atoms with Crippen molar-refractivity contribution in [1.29, 1.82) is 0 Å². The van der Waals surface area contributed by atoms with Gasteiger partial charge in [0.15, 0.2) is 0 Å². The molecule has 1 amide bonds. The largest absolute Gasteiger partial charge is 0.381 e. The second-order valence-corrected chi connectivity index (χ2v) is 6.36. The summed E-state index contributed by atoms with van der Waals surface area (Å²) in [6.45, 7) is 7.59. The Morgan fingerprint density at radius 2 is 1.74 bits per heavy atom. The number of halogens is 2. The summed E-state index contributed by atoms with van der Waals surface area (Å²) in [5.74, 6) is 1.04. The molecule has 2 N–H and O–H groups in total. The van der Waals surface area contributed by atoms with E-state index in [9.17, 15) is 4.79 Å². The Morgan fingerprint density at radius 1 is 1.04 bits per heavy atom. The van der Waals surface area contributed by atoms with E-state index in [1.807, 2.05) is 4.90 Å². The van der Waals surface area contributed by atoms with Gasteiger partial charge in [-0.25, -0.2) is 0 Å². The molecule has 0 radical (unpaired) electrons. The van der Waals surface area contributed by atoms with E-state index >= 15 is 0 Å². The Morgan fingerprint density at radius 3 is 2.35 bits per heavy atom. The third-order valence-electron chi connectivity index (χ3n) is 4.61. The summed E-state index contributed by atoms with van der Waals surface area (Å²) in [7, 11) is 0. The monoisotopic (exact) mass is 369 g/mol. The van der Waals surface area contributed by atoms with Crippen molar-refractivity contribution in [3.63, 3.8) is 0 Å². The third kappa shape index (κ3) is 8.54. The van der Waals surface area contributed by atoms with Crippen LogP contribution >= 0.6 is 24.8 Å². The number of carbonyl (C=O) groups excluding carboxylic acids is 1. The second-order valence-electron chi connectivity index (χ2n) is 6.36. The minimum Gasteiger partial charge on any atom is -0.381 e. The van der Waals surface area contributed by atoms with Crippen LogP contribution in [0.3, 0.4) is 0 Å². The van der Waals surface area contributed by atoms with Crippen LogP contribution in [0.2, 0.25) is 0 Å². The molecule has 0 saturated carbocycles. The molecule has 0 aliphatic carbocycles. The molecule has 0 spiro atoms. The van der Waals surface area contributed by atoms with Gasteiger partial charge in [-0.1, -0.05) is 12.8 Å². The fourth-order valence-corrected chi connectivity index (χ4v) is 3.20. The molecule has 0 aromatic rings. The van der Waals surface area contributed by atoms with Crippen molar-refractivity contribution in [2.24, 2.45) is 11.7 Å². The van der Waals surface area contributed by atoms with Gasteiger partial charge in [0.2, 0.25) is 5.91 Å². The molecule has 2 heterocycles. The Balaban J connectivity index is 0.00000242. The van der Waals surface area contributed by atoms with Crippen LogP contribution in [0.1, 0.15) is 38.5 Å². The van der Waals surface area contributed by atoms with Crippen LogP contribution in [-0.4, -0.2) is 68.2 Å². The highest BCUT2D eigenvalue weighted by Gasteiger charge is 2.24. The SMILES string of the molecule is Cl.Cl.NCCCCCCC(=O)N1CCN(CC2CCOC2)CC1. The molecule has 2 aliphatic rings. The lowest BCUT2D eigenvalue weighted by Crippen LogP contribution is -2.49. The fourth-order valence-electron chi connectivity index (χ4n) is 3.20. The Hall–Kier alpha value is -0.0700. The zero-order valence-electron chi connectivity index (χ0n) is 14.1. The minimum atomic E-state index is 0. The van der Waals surface area contributed by atoms with Crippen molar-refractivity contribution in [1.82, 2.24) is 9.80 Å². The third-order valence-corrected chi connectivity index (χ3v) is 4.61. The predicted molar refractivity (Wildman–Crippen MR) is 98.6 cm³/mol. The average Bonchev–Trinajstić information content (AvgIpc) is 3.00. The highest BCUT2D eigenvalue weighted by atomic mass is 35.5. The van der Waals surface area contributed by atoms with E-state index in [0.29, 0.717) is 18.2 Å². The Kier molecular flexibility index (Phi) is 13.2. The van der Waals surface area contributed by atoms with Gasteiger partial charge in [0.05, 0.1) is 6.61 Å². The molecule has 2 fully saturated rings. The summed E-state index contributed by atoms with van der Waals surface area (Å²) in [5, 5.41) is 0.